The molecular formula is C18H29N3O2. The minimum absolute atomic E-state index is 0.0349. The van der Waals surface area contributed by atoms with Gasteiger partial charge in [0, 0.05) is 39.0 Å². The van der Waals surface area contributed by atoms with Gasteiger partial charge in [0.1, 0.15) is 11.9 Å². The summed E-state index contributed by atoms with van der Waals surface area (Å²) < 4.78 is 2.07. The molecule has 1 amide bonds. The van der Waals surface area contributed by atoms with E-state index in [0.29, 0.717) is 5.92 Å². The van der Waals surface area contributed by atoms with Gasteiger partial charge in [-0.25, -0.2) is 4.98 Å². The lowest BCUT2D eigenvalue weighted by atomic mass is 9.84. The highest BCUT2D eigenvalue weighted by Crippen LogP contribution is 2.28. The van der Waals surface area contributed by atoms with Crippen LogP contribution in [0.3, 0.4) is 0 Å². The first-order chi connectivity index (χ1) is 11.1. The summed E-state index contributed by atoms with van der Waals surface area (Å²) in [7, 11) is 2.03. The quantitative estimate of drug-likeness (QED) is 0.925. The number of aliphatic hydroxyl groups excluding tert-OH is 1. The Kier molecular flexibility index (Phi) is 5.36. The molecule has 0 bridgehead atoms. The SMILES string of the molecule is Cn1ccnc1CC1CCN(C(=O)C(O)C2CCCCC2)CC1. The number of carbonyl (C=O) groups excluding carboxylic acids is 1. The molecule has 5 nitrogen and oxygen atoms in total. The number of hydrogen-bond donors (Lipinski definition) is 1. The van der Waals surface area contributed by atoms with Crippen molar-refractivity contribution in [2.75, 3.05) is 13.1 Å². The number of rotatable bonds is 4. The fourth-order valence-corrected chi connectivity index (χ4v) is 4.05. The summed E-state index contributed by atoms with van der Waals surface area (Å²) in [6, 6.07) is 0. The largest absolute Gasteiger partial charge is 0.383 e. The van der Waals surface area contributed by atoms with Crippen molar-refractivity contribution in [1.29, 1.82) is 0 Å². The van der Waals surface area contributed by atoms with E-state index < -0.39 is 6.10 Å². The topological polar surface area (TPSA) is 58.4 Å². The van der Waals surface area contributed by atoms with Gasteiger partial charge in [-0.15, -0.1) is 0 Å². The van der Waals surface area contributed by atoms with E-state index in [9.17, 15) is 9.90 Å². The summed E-state index contributed by atoms with van der Waals surface area (Å²) in [6.07, 6.45) is 11.6. The highest BCUT2D eigenvalue weighted by atomic mass is 16.3. The number of aromatic nitrogens is 2. The Bertz CT molecular complexity index is 514. The molecule has 0 aromatic carbocycles. The van der Waals surface area contributed by atoms with E-state index >= 15 is 0 Å². The monoisotopic (exact) mass is 319 g/mol. The highest BCUT2D eigenvalue weighted by Gasteiger charge is 2.32. The zero-order valence-corrected chi connectivity index (χ0v) is 14.2. The lowest BCUT2D eigenvalue weighted by Gasteiger charge is -2.35. The normalized spacial score (nSPS) is 22.3. The first-order valence-corrected chi connectivity index (χ1v) is 9.08. The van der Waals surface area contributed by atoms with E-state index in [4.69, 9.17) is 0 Å². The van der Waals surface area contributed by atoms with Crippen LogP contribution in [0, 0.1) is 11.8 Å². The molecular weight excluding hydrogens is 290 g/mol. The first-order valence-electron chi connectivity index (χ1n) is 9.08. The lowest BCUT2D eigenvalue weighted by Crippen LogP contribution is -2.46. The number of amides is 1. The van der Waals surface area contributed by atoms with Crippen molar-refractivity contribution in [3.05, 3.63) is 18.2 Å². The maximum Gasteiger partial charge on any atom is 0.251 e. The Labute approximate surface area is 138 Å². The standard InChI is InChI=1S/C18H29N3O2/c1-20-12-9-19-16(20)13-14-7-10-21(11-8-14)18(23)17(22)15-5-3-2-4-6-15/h9,12,14-15,17,22H,2-8,10-11,13H2,1H3. The predicted octanol–water partition coefficient (Wildman–Crippen LogP) is 2.14. The lowest BCUT2D eigenvalue weighted by molar-refractivity contribution is -0.145. The average Bonchev–Trinajstić information content (AvgIpc) is 3.00. The molecule has 1 atom stereocenters. The molecule has 1 saturated carbocycles. The van der Waals surface area contributed by atoms with Gasteiger partial charge in [0.15, 0.2) is 0 Å². The molecule has 0 spiro atoms. The van der Waals surface area contributed by atoms with E-state index in [2.05, 4.69) is 9.55 Å². The van der Waals surface area contributed by atoms with Crippen molar-refractivity contribution in [2.24, 2.45) is 18.9 Å². The molecule has 23 heavy (non-hydrogen) atoms. The fraction of sp³-hybridized carbons (Fsp3) is 0.778. The Morgan fingerprint density at radius 2 is 1.96 bits per heavy atom. The number of aliphatic hydroxyl groups is 1. The molecule has 0 radical (unpaired) electrons. The summed E-state index contributed by atoms with van der Waals surface area (Å²) in [5, 5.41) is 10.4. The Morgan fingerprint density at radius 3 is 2.57 bits per heavy atom. The summed E-state index contributed by atoms with van der Waals surface area (Å²) >= 11 is 0. The van der Waals surface area contributed by atoms with Crippen LogP contribution in [0.5, 0.6) is 0 Å². The van der Waals surface area contributed by atoms with E-state index in [1.54, 1.807) is 0 Å². The molecule has 128 valence electrons. The summed E-state index contributed by atoms with van der Waals surface area (Å²) in [4.78, 5) is 18.8. The molecule has 1 N–H and O–H groups in total. The van der Waals surface area contributed by atoms with E-state index in [1.165, 1.54) is 6.42 Å². The van der Waals surface area contributed by atoms with Gasteiger partial charge >= 0.3 is 0 Å². The number of aryl methyl sites for hydroxylation is 1. The van der Waals surface area contributed by atoms with Crippen molar-refractivity contribution in [3.63, 3.8) is 0 Å². The van der Waals surface area contributed by atoms with Gasteiger partial charge in [-0.2, -0.15) is 0 Å². The molecule has 3 rings (SSSR count). The van der Waals surface area contributed by atoms with Crippen LogP contribution in [-0.2, 0) is 18.3 Å². The van der Waals surface area contributed by atoms with E-state index in [0.717, 1.165) is 63.9 Å². The second-order valence-corrected chi connectivity index (χ2v) is 7.27. The van der Waals surface area contributed by atoms with Gasteiger partial charge in [-0.05, 0) is 37.5 Å². The van der Waals surface area contributed by atoms with Crippen molar-refractivity contribution in [1.82, 2.24) is 14.5 Å². The van der Waals surface area contributed by atoms with Crippen LogP contribution in [0.15, 0.2) is 12.4 Å². The molecule has 1 aliphatic heterocycles. The number of hydrogen-bond acceptors (Lipinski definition) is 3. The van der Waals surface area contributed by atoms with Crippen LogP contribution < -0.4 is 0 Å². The van der Waals surface area contributed by atoms with Gasteiger partial charge < -0.3 is 14.6 Å². The Balaban J connectivity index is 1.48. The van der Waals surface area contributed by atoms with E-state index in [1.807, 2.05) is 24.3 Å². The number of imidazole rings is 1. The molecule has 5 heteroatoms. The Hall–Kier alpha value is -1.36. The zero-order valence-electron chi connectivity index (χ0n) is 14.2. The molecule has 1 aromatic heterocycles. The third-order valence-corrected chi connectivity index (χ3v) is 5.67. The van der Waals surface area contributed by atoms with Crippen LogP contribution in [-0.4, -0.2) is 44.7 Å². The molecule has 1 aliphatic carbocycles. The molecule has 1 aromatic rings. The molecule has 2 fully saturated rings. The molecule has 1 unspecified atom stereocenters. The van der Waals surface area contributed by atoms with E-state index in [-0.39, 0.29) is 11.8 Å². The first kappa shape index (κ1) is 16.5. The van der Waals surface area contributed by atoms with Gasteiger partial charge in [0.25, 0.3) is 5.91 Å². The smallest absolute Gasteiger partial charge is 0.251 e. The molecule has 1 saturated heterocycles. The number of nitrogens with zero attached hydrogens (tertiary/aromatic N) is 3. The van der Waals surface area contributed by atoms with Gasteiger partial charge in [0.2, 0.25) is 0 Å². The van der Waals surface area contributed by atoms with Crippen LogP contribution in [0.4, 0.5) is 0 Å². The maximum atomic E-state index is 12.5. The minimum Gasteiger partial charge on any atom is -0.383 e. The van der Waals surface area contributed by atoms with Crippen LogP contribution in [0.25, 0.3) is 0 Å². The molecule has 2 aliphatic rings. The second-order valence-electron chi connectivity index (χ2n) is 7.27. The summed E-state index contributed by atoms with van der Waals surface area (Å²) in [6.45, 7) is 1.55. The number of carbonyl (C=O) groups is 1. The third-order valence-electron chi connectivity index (χ3n) is 5.67. The van der Waals surface area contributed by atoms with Crippen molar-refractivity contribution in [2.45, 2.75) is 57.5 Å². The third kappa shape index (κ3) is 3.94. The van der Waals surface area contributed by atoms with Gasteiger partial charge in [0.05, 0.1) is 0 Å². The predicted molar refractivity (Wildman–Crippen MR) is 88.8 cm³/mol. The summed E-state index contributed by atoms with van der Waals surface area (Å²) in [5.41, 5.74) is 0. The van der Waals surface area contributed by atoms with Crippen molar-refractivity contribution in [3.8, 4) is 0 Å². The average molecular weight is 319 g/mol. The second kappa shape index (κ2) is 7.47. The minimum atomic E-state index is -0.776. The fourth-order valence-electron chi connectivity index (χ4n) is 4.05. The number of likely N-dealkylation sites (tertiary alicyclic amines) is 1. The highest BCUT2D eigenvalue weighted by molar-refractivity contribution is 5.81. The van der Waals surface area contributed by atoms with Gasteiger partial charge in [-0.3, -0.25) is 4.79 Å². The van der Waals surface area contributed by atoms with Crippen molar-refractivity contribution < 1.29 is 9.90 Å². The maximum absolute atomic E-state index is 12.5. The molecule has 2 heterocycles. The van der Waals surface area contributed by atoms with Crippen LogP contribution in [0.1, 0.15) is 50.8 Å². The van der Waals surface area contributed by atoms with Crippen LogP contribution in [0.2, 0.25) is 0 Å². The zero-order chi connectivity index (χ0) is 16.2. The summed E-state index contributed by atoms with van der Waals surface area (Å²) in [5.74, 6) is 1.86. The number of piperidine rings is 1. The van der Waals surface area contributed by atoms with Crippen molar-refractivity contribution >= 4 is 5.91 Å². The van der Waals surface area contributed by atoms with Crippen LogP contribution >= 0.6 is 0 Å². The van der Waals surface area contributed by atoms with Gasteiger partial charge in [-0.1, -0.05) is 19.3 Å². The Morgan fingerprint density at radius 1 is 1.26 bits per heavy atom.